The van der Waals surface area contributed by atoms with Gasteiger partial charge in [-0.2, -0.15) is 0 Å². The Hall–Kier alpha value is -1.48. The molecule has 2 rings (SSSR count). The van der Waals surface area contributed by atoms with Crippen molar-refractivity contribution in [3.8, 4) is 0 Å². The SMILES string of the molecule is CO[C@H]1[C@@H](O)[C@H](n2ccc(=O)[nH]c2=O)O[C@H]1CO. The second kappa shape index (κ2) is 5.02. The number of methoxy groups -OCH3 is 1. The number of nitrogens with zero attached hydrogens (tertiary/aromatic N) is 1. The first-order valence-corrected chi connectivity index (χ1v) is 5.37. The highest BCUT2D eigenvalue weighted by molar-refractivity contribution is 4.93. The normalized spacial score (nSPS) is 31.7. The number of rotatable bonds is 3. The van der Waals surface area contributed by atoms with E-state index in [-0.39, 0.29) is 6.61 Å². The number of aliphatic hydroxyl groups is 2. The molecule has 1 aliphatic rings. The van der Waals surface area contributed by atoms with E-state index >= 15 is 0 Å². The Kier molecular flexibility index (Phi) is 3.62. The molecule has 100 valence electrons. The summed E-state index contributed by atoms with van der Waals surface area (Å²) >= 11 is 0. The van der Waals surface area contributed by atoms with Gasteiger partial charge in [0.25, 0.3) is 5.56 Å². The zero-order valence-electron chi connectivity index (χ0n) is 9.65. The smallest absolute Gasteiger partial charge is 0.330 e. The van der Waals surface area contributed by atoms with Crippen molar-refractivity contribution in [1.29, 1.82) is 0 Å². The van der Waals surface area contributed by atoms with Gasteiger partial charge in [0, 0.05) is 19.4 Å². The number of hydrogen-bond donors (Lipinski definition) is 3. The minimum atomic E-state index is -1.12. The molecule has 2 heterocycles. The molecule has 1 aromatic heterocycles. The summed E-state index contributed by atoms with van der Waals surface area (Å²) in [5, 5.41) is 19.1. The summed E-state index contributed by atoms with van der Waals surface area (Å²) in [5.41, 5.74) is -1.23. The molecule has 8 heteroatoms. The summed E-state index contributed by atoms with van der Waals surface area (Å²) < 4.78 is 11.4. The Morgan fingerprint density at radius 2 is 2.28 bits per heavy atom. The average Bonchev–Trinajstić information content (AvgIpc) is 2.66. The van der Waals surface area contributed by atoms with Crippen LogP contribution in [-0.4, -0.2) is 51.8 Å². The summed E-state index contributed by atoms with van der Waals surface area (Å²) in [7, 11) is 1.37. The van der Waals surface area contributed by atoms with Crippen LogP contribution in [0.25, 0.3) is 0 Å². The maximum absolute atomic E-state index is 11.6. The molecule has 1 aromatic rings. The topological polar surface area (TPSA) is 114 Å². The van der Waals surface area contributed by atoms with Crippen LogP contribution in [-0.2, 0) is 9.47 Å². The molecule has 18 heavy (non-hydrogen) atoms. The van der Waals surface area contributed by atoms with Crippen molar-refractivity contribution < 1.29 is 19.7 Å². The number of aromatic amines is 1. The molecule has 0 spiro atoms. The molecule has 0 aromatic carbocycles. The molecule has 1 aliphatic heterocycles. The van der Waals surface area contributed by atoms with E-state index in [0.717, 1.165) is 10.6 Å². The Morgan fingerprint density at radius 1 is 1.56 bits per heavy atom. The van der Waals surface area contributed by atoms with E-state index in [1.165, 1.54) is 13.3 Å². The predicted octanol–water partition coefficient (Wildman–Crippen LogP) is -2.20. The van der Waals surface area contributed by atoms with Gasteiger partial charge in [0.05, 0.1) is 6.61 Å². The van der Waals surface area contributed by atoms with Gasteiger partial charge in [-0.1, -0.05) is 0 Å². The second-order valence-corrected chi connectivity index (χ2v) is 3.96. The van der Waals surface area contributed by atoms with E-state index < -0.39 is 35.8 Å². The third kappa shape index (κ3) is 2.10. The maximum atomic E-state index is 11.6. The Labute approximate surface area is 101 Å². The van der Waals surface area contributed by atoms with Crippen LogP contribution < -0.4 is 11.2 Å². The van der Waals surface area contributed by atoms with Crippen molar-refractivity contribution >= 4 is 0 Å². The lowest BCUT2D eigenvalue weighted by Gasteiger charge is -2.17. The molecular weight excluding hydrogens is 244 g/mol. The lowest BCUT2D eigenvalue weighted by molar-refractivity contribution is -0.0569. The molecule has 0 unspecified atom stereocenters. The van der Waals surface area contributed by atoms with Gasteiger partial charge in [0.15, 0.2) is 6.23 Å². The Balaban J connectivity index is 2.34. The van der Waals surface area contributed by atoms with E-state index in [1.54, 1.807) is 0 Å². The van der Waals surface area contributed by atoms with E-state index in [9.17, 15) is 14.7 Å². The van der Waals surface area contributed by atoms with Gasteiger partial charge >= 0.3 is 5.69 Å². The molecule has 0 amide bonds. The highest BCUT2D eigenvalue weighted by atomic mass is 16.6. The summed E-state index contributed by atoms with van der Waals surface area (Å²) in [4.78, 5) is 24.6. The third-order valence-electron chi connectivity index (χ3n) is 2.89. The number of hydrogen-bond acceptors (Lipinski definition) is 6. The monoisotopic (exact) mass is 258 g/mol. The van der Waals surface area contributed by atoms with E-state index in [2.05, 4.69) is 4.98 Å². The van der Waals surface area contributed by atoms with Crippen LogP contribution in [0.15, 0.2) is 21.9 Å². The minimum Gasteiger partial charge on any atom is -0.394 e. The zero-order valence-corrected chi connectivity index (χ0v) is 9.65. The standard InChI is InChI=1S/C10H14N2O6/c1-17-8-5(4-13)18-9(7(8)15)12-3-2-6(14)11-10(12)16/h2-3,5,7-9,13,15H,4H2,1H3,(H,11,14,16)/t5-,7+,8+,9+/m0/s1. The molecule has 4 atom stereocenters. The first kappa shape index (κ1) is 13.0. The van der Waals surface area contributed by atoms with Gasteiger partial charge in [0.2, 0.25) is 0 Å². The fourth-order valence-corrected chi connectivity index (χ4v) is 2.02. The molecule has 0 bridgehead atoms. The summed E-state index contributed by atoms with van der Waals surface area (Å²) in [6, 6.07) is 1.14. The van der Waals surface area contributed by atoms with Gasteiger partial charge < -0.3 is 19.7 Å². The van der Waals surface area contributed by atoms with E-state index in [1.807, 2.05) is 0 Å². The highest BCUT2D eigenvalue weighted by Crippen LogP contribution is 2.29. The number of H-pyrrole nitrogens is 1. The molecule has 1 fully saturated rings. The fourth-order valence-electron chi connectivity index (χ4n) is 2.02. The van der Waals surface area contributed by atoms with Gasteiger partial charge in [-0.15, -0.1) is 0 Å². The van der Waals surface area contributed by atoms with Crippen molar-refractivity contribution in [1.82, 2.24) is 9.55 Å². The molecule has 0 saturated carbocycles. The van der Waals surface area contributed by atoms with Gasteiger partial charge in [-0.3, -0.25) is 14.3 Å². The van der Waals surface area contributed by atoms with Crippen LogP contribution in [0.5, 0.6) is 0 Å². The van der Waals surface area contributed by atoms with Gasteiger partial charge in [-0.25, -0.2) is 4.79 Å². The predicted molar refractivity (Wildman–Crippen MR) is 59.1 cm³/mol. The van der Waals surface area contributed by atoms with Gasteiger partial charge in [-0.05, 0) is 0 Å². The highest BCUT2D eigenvalue weighted by Gasteiger charge is 2.44. The largest absolute Gasteiger partial charge is 0.394 e. The summed E-state index contributed by atoms with van der Waals surface area (Å²) in [5.74, 6) is 0. The van der Waals surface area contributed by atoms with Crippen LogP contribution >= 0.6 is 0 Å². The molecular formula is C10H14N2O6. The van der Waals surface area contributed by atoms with Crippen molar-refractivity contribution in [2.75, 3.05) is 13.7 Å². The number of aromatic nitrogens is 2. The second-order valence-electron chi connectivity index (χ2n) is 3.96. The Morgan fingerprint density at radius 3 is 2.78 bits per heavy atom. The van der Waals surface area contributed by atoms with Crippen LogP contribution in [0.3, 0.4) is 0 Å². The van der Waals surface area contributed by atoms with Crippen LogP contribution in [0.4, 0.5) is 0 Å². The van der Waals surface area contributed by atoms with E-state index in [4.69, 9.17) is 14.6 Å². The zero-order chi connectivity index (χ0) is 13.3. The minimum absolute atomic E-state index is 0.343. The number of aliphatic hydroxyl groups excluding tert-OH is 2. The van der Waals surface area contributed by atoms with Gasteiger partial charge in [0.1, 0.15) is 18.3 Å². The molecule has 8 nitrogen and oxygen atoms in total. The van der Waals surface area contributed by atoms with Crippen LogP contribution in [0.2, 0.25) is 0 Å². The lowest BCUT2D eigenvalue weighted by Crippen LogP contribution is -2.38. The molecule has 0 aliphatic carbocycles. The third-order valence-corrected chi connectivity index (χ3v) is 2.89. The molecule has 1 saturated heterocycles. The van der Waals surface area contributed by atoms with Crippen molar-refractivity contribution in [3.05, 3.63) is 33.1 Å². The molecule has 0 radical (unpaired) electrons. The number of nitrogens with one attached hydrogen (secondary N) is 1. The molecule has 3 N–H and O–H groups in total. The van der Waals surface area contributed by atoms with E-state index in [0.29, 0.717) is 0 Å². The lowest BCUT2D eigenvalue weighted by atomic mass is 10.1. The Bertz CT molecular complexity index is 524. The quantitative estimate of drug-likeness (QED) is 0.567. The number of ether oxygens (including phenoxy) is 2. The first-order chi connectivity index (χ1) is 8.58. The average molecular weight is 258 g/mol. The first-order valence-electron chi connectivity index (χ1n) is 5.37. The maximum Gasteiger partial charge on any atom is 0.330 e. The van der Waals surface area contributed by atoms with Crippen LogP contribution in [0.1, 0.15) is 6.23 Å². The summed E-state index contributed by atoms with van der Waals surface area (Å²) in [6.07, 6.45) is -2.36. The van der Waals surface area contributed by atoms with Crippen LogP contribution in [0, 0.1) is 0 Å². The summed E-state index contributed by atoms with van der Waals surface area (Å²) in [6.45, 7) is -0.343. The van der Waals surface area contributed by atoms with Crippen molar-refractivity contribution in [2.45, 2.75) is 24.5 Å². The fraction of sp³-hybridized carbons (Fsp3) is 0.600. The van der Waals surface area contributed by atoms with Crippen molar-refractivity contribution in [2.24, 2.45) is 0 Å². The van der Waals surface area contributed by atoms with Crippen molar-refractivity contribution in [3.63, 3.8) is 0 Å².